The normalized spacial score (nSPS) is 11.8. The molecule has 2 nitrogen and oxygen atoms in total. The number of benzene rings is 9. The zero-order chi connectivity index (χ0) is 34.2. The summed E-state index contributed by atoms with van der Waals surface area (Å²) in [5.74, 6) is 0. The van der Waals surface area contributed by atoms with Crippen LogP contribution in [-0.2, 0) is 0 Å². The van der Waals surface area contributed by atoms with Crippen LogP contribution >= 0.6 is 0 Å². The molecule has 1 aliphatic rings. The standard InChI is InChI=1S/C50H32N2/c1-3-15-33(16-4-1)38-21-9-11-26-44(38)52(37-29-30-46-43(32-37)40-23-10-12-27-45(40)51(46)36-19-5-2-6-20-36)47-28-14-25-42-41-24-13-18-35-31-34-17-7-8-22-39(34)50(48(35)41)49(42)47/h1-32H. The lowest BCUT2D eigenvalue weighted by molar-refractivity contribution is 1.18. The number of hydrogen-bond donors (Lipinski definition) is 0. The van der Waals surface area contributed by atoms with Crippen LogP contribution < -0.4 is 4.90 Å². The highest BCUT2D eigenvalue weighted by molar-refractivity contribution is 6.26. The van der Waals surface area contributed by atoms with E-state index in [1.165, 1.54) is 82.4 Å². The summed E-state index contributed by atoms with van der Waals surface area (Å²) in [7, 11) is 0. The van der Waals surface area contributed by atoms with Crippen LogP contribution in [0.25, 0.3) is 82.4 Å². The molecule has 242 valence electrons. The van der Waals surface area contributed by atoms with Gasteiger partial charge in [0.25, 0.3) is 0 Å². The fourth-order valence-corrected chi connectivity index (χ4v) is 8.71. The first-order valence-electron chi connectivity index (χ1n) is 17.9. The first kappa shape index (κ1) is 28.9. The van der Waals surface area contributed by atoms with E-state index in [0.29, 0.717) is 0 Å². The van der Waals surface area contributed by atoms with Gasteiger partial charge in [-0.05, 0) is 92.8 Å². The lowest BCUT2D eigenvalue weighted by Crippen LogP contribution is -2.12. The average Bonchev–Trinajstić information content (AvgIpc) is 3.73. The Balaban J connectivity index is 1.24. The zero-order valence-electron chi connectivity index (χ0n) is 28.4. The average molecular weight is 661 g/mol. The second-order valence-electron chi connectivity index (χ2n) is 13.7. The van der Waals surface area contributed by atoms with Gasteiger partial charge in [-0.3, -0.25) is 0 Å². The Hall–Kier alpha value is -6.90. The molecule has 9 aromatic carbocycles. The van der Waals surface area contributed by atoms with Gasteiger partial charge >= 0.3 is 0 Å². The minimum atomic E-state index is 1.12. The maximum absolute atomic E-state index is 2.51. The molecular weight excluding hydrogens is 629 g/mol. The Morgan fingerprint density at radius 1 is 0.365 bits per heavy atom. The summed E-state index contributed by atoms with van der Waals surface area (Å²) in [6.45, 7) is 0. The second kappa shape index (κ2) is 11.3. The number of hydrogen-bond acceptors (Lipinski definition) is 1. The monoisotopic (exact) mass is 660 g/mol. The molecule has 0 N–H and O–H groups in total. The predicted octanol–water partition coefficient (Wildman–Crippen LogP) is 13.9. The molecule has 0 aliphatic heterocycles. The molecule has 0 radical (unpaired) electrons. The SMILES string of the molecule is c1ccc(-c2ccccc2N(c2ccc3c(c2)c2ccccc2n3-c2ccccc2)c2cccc3c2-c2c4ccccc4cc4cccc-3c24)cc1. The summed E-state index contributed by atoms with van der Waals surface area (Å²) >= 11 is 0. The fraction of sp³-hybridized carbons (Fsp3) is 0. The topological polar surface area (TPSA) is 8.17 Å². The Labute approximate surface area is 302 Å². The maximum Gasteiger partial charge on any atom is 0.0547 e. The van der Waals surface area contributed by atoms with E-state index in [9.17, 15) is 0 Å². The lowest BCUT2D eigenvalue weighted by Gasteiger charge is -2.30. The van der Waals surface area contributed by atoms with Crippen molar-refractivity contribution in [3.63, 3.8) is 0 Å². The summed E-state index contributed by atoms with van der Waals surface area (Å²) < 4.78 is 2.39. The van der Waals surface area contributed by atoms with Crippen LogP contribution in [0, 0.1) is 0 Å². The van der Waals surface area contributed by atoms with Crippen LogP contribution in [0.2, 0.25) is 0 Å². The number of nitrogens with zero attached hydrogens (tertiary/aromatic N) is 2. The van der Waals surface area contributed by atoms with Crippen LogP contribution in [0.1, 0.15) is 0 Å². The molecule has 10 aromatic rings. The van der Waals surface area contributed by atoms with Gasteiger partial charge in [0.1, 0.15) is 0 Å². The molecule has 0 fully saturated rings. The van der Waals surface area contributed by atoms with Crippen molar-refractivity contribution in [3.8, 4) is 39.1 Å². The van der Waals surface area contributed by atoms with E-state index in [0.717, 1.165) is 17.1 Å². The molecular formula is C50H32N2. The Morgan fingerprint density at radius 2 is 1.00 bits per heavy atom. The fourth-order valence-electron chi connectivity index (χ4n) is 8.71. The van der Waals surface area contributed by atoms with Gasteiger partial charge in [-0.1, -0.05) is 140 Å². The number of rotatable bonds is 5. The Bertz CT molecular complexity index is 3010. The van der Waals surface area contributed by atoms with Gasteiger partial charge in [0.2, 0.25) is 0 Å². The minimum absolute atomic E-state index is 1.12. The zero-order valence-corrected chi connectivity index (χ0v) is 28.4. The van der Waals surface area contributed by atoms with Crippen molar-refractivity contribution < 1.29 is 0 Å². The van der Waals surface area contributed by atoms with Crippen molar-refractivity contribution in [1.82, 2.24) is 4.57 Å². The van der Waals surface area contributed by atoms with Gasteiger partial charge in [-0.25, -0.2) is 0 Å². The number of fused-ring (bicyclic) bond motifs is 8. The Morgan fingerprint density at radius 3 is 1.88 bits per heavy atom. The highest BCUT2D eigenvalue weighted by atomic mass is 15.1. The molecule has 0 spiro atoms. The third-order valence-electron chi connectivity index (χ3n) is 10.9. The predicted molar refractivity (Wildman–Crippen MR) is 220 cm³/mol. The van der Waals surface area contributed by atoms with E-state index in [1.54, 1.807) is 0 Å². The summed E-state index contributed by atoms with van der Waals surface area (Å²) in [5, 5.41) is 7.62. The van der Waals surface area contributed by atoms with Gasteiger partial charge in [0, 0.05) is 38.8 Å². The minimum Gasteiger partial charge on any atom is -0.309 e. The summed E-state index contributed by atoms with van der Waals surface area (Å²) in [4.78, 5) is 2.51. The smallest absolute Gasteiger partial charge is 0.0547 e. The second-order valence-corrected chi connectivity index (χ2v) is 13.7. The van der Waals surface area contributed by atoms with Crippen molar-refractivity contribution in [2.75, 3.05) is 4.90 Å². The summed E-state index contributed by atoms with van der Waals surface area (Å²) in [6, 6.07) is 71.0. The van der Waals surface area contributed by atoms with Crippen LogP contribution in [0.4, 0.5) is 17.1 Å². The molecule has 0 unspecified atom stereocenters. The molecule has 2 heteroatoms. The van der Waals surface area contributed by atoms with Crippen molar-refractivity contribution in [2.24, 2.45) is 0 Å². The van der Waals surface area contributed by atoms with E-state index in [1.807, 2.05) is 0 Å². The van der Waals surface area contributed by atoms with Gasteiger partial charge < -0.3 is 9.47 Å². The number of anilines is 3. The van der Waals surface area contributed by atoms with Crippen LogP contribution in [0.15, 0.2) is 194 Å². The number of aromatic nitrogens is 1. The van der Waals surface area contributed by atoms with Crippen molar-refractivity contribution >= 4 is 60.4 Å². The van der Waals surface area contributed by atoms with E-state index < -0.39 is 0 Å². The van der Waals surface area contributed by atoms with Crippen molar-refractivity contribution in [2.45, 2.75) is 0 Å². The first-order chi connectivity index (χ1) is 25.8. The maximum atomic E-state index is 2.51. The molecule has 1 aromatic heterocycles. The van der Waals surface area contributed by atoms with Gasteiger partial charge in [0.05, 0.1) is 22.4 Å². The molecule has 11 rings (SSSR count). The Kier molecular flexibility index (Phi) is 6.28. The lowest BCUT2D eigenvalue weighted by atomic mass is 9.94. The largest absolute Gasteiger partial charge is 0.309 e. The first-order valence-corrected chi connectivity index (χ1v) is 17.9. The van der Waals surface area contributed by atoms with E-state index in [2.05, 4.69) is 204 Å². The van der Waals surface area contributed by atoms with Gasteiger partial charge in [-0.15, -0.1) is 0 Å². The molecule has 1 heterocycles. The molecule has 0 saturated carbocycles. The van der Waals surface area contributed by atoms with Gasteiger partial charge in [0.15, 0.2) is 0 Å². The summed E-state index contributed by atoms with van der Waals surface area (Å²) in [5.41, 5.74) is 14.5. The molecule has 1 aliphatic carbocycles. The molecule has 52 heavy (non-hydrogen) atoms. The highest BCUT2D eigenvalue weighted by Gasteiger charge is 2.30. The molecule has 0 amide bonds. The van der Waals surface area contributed by atoms with Crippen molar-refractivity contribution in [3.05, 3.63) is 194 Å². The van der Waals surface area contributed by atoms with E-state index >= 15 is 0 Å². The van der Waals surface area contributed by atoms with Crippen molar-refractivity contribution in [1.29, 1.82) is 0 Å². The quantitative estimate of drug-likeness (QED) is 0.167. The third kappa shape index (κ3) is 4.19. The van der Waals surface area contributed by atoms with Gasteiger partial charge in [-0.2, -0.15) is 0 Å². The summed E-state index contributed by atoms with van der Waals surface area (Å²) in [6.07, 6.45) is 0. The van der Waals surface area contributed by atoms with E-state index in [-0.39, 0.29) is 0 Å². The molecule has 0 saturated heterocycles. The van der Waals surface area contributed by atoms with Crippen LogP contribution in [-0.4, -0.2) is 4.57 Å². The van der Waals surface area contributed by atoms with E-state index in [4.69, 9.17) is 0 Å². The molecule has 0 bridgehead atoms. The van der Waals surface area contributed by atoms with Crippen LogP contribution in [0.5, 0.6) is 0 Å². The third-order valence-corrected chi connectivity index (χ3v) is 10.9. The highest BCUT2D eigenvalue weighted by Crippen LogP contribution is 2.56. The molecule has 0 atom stereocenters. The number of para-hydroxylation sites is 3. The van der Waals surface area contributed by atoms with Crippen LogP contribution in [0.3, 0.4) is 0 Å².